The first kappa shape index (κ1) is 20.5. The maximum Gasteiger partial charge on any atom is 0.296 e. The maximum atomic E-state index is 14.1. The van der Waals surface area contributed by atoms with Crippen LogP contribution in [0.25, 0.3) is 22.0 Å². The molecule has 0 bridgehead atoms. The average Bonchev–Trinajstić information content (AvgIpc) is 3.10. The number of nitrogens with two attached hydrogens (primary N) is 1. The fourth-order valence-corrected chi connectivity index (χ4v) is 3.62. The molecule has 0 aliphatic carbocycles. The first-order valence-corrected chi connectivity index (χ1v) is 10.5. The van der Waals surface area contributed by atoms with Crippen LogP contribution in [0.4, 0.5) is 20.2 Å². The van der Waals surface area contributed by atoms with Crippen LogP contribution in [0.2, 0.25) is 0 Å². The average molecular weight is 442 g/mol. The molecule has 0 spiro atoms. The second-order valence-electron chi connectivity index (χ2n) is 6.79. The van der Waals surface area contributed by atoms with Crippen molar-refractivity contribution in [2.24, 2.45) is 5.14 Å². The van der Waals surface area contributed by atoms with Crippen LogP contribution in [0, 0.1) is 11.6 Å². The minimum atomic E-state index is -3.92. The van der Waals surface area contributed by atoms with Gasteiger partial charge in [-0.15, -0.1) is 0 Å². The summed E-state index contributed by atoms with van der Waals surface area (Å²) in [5, 5.41) is 8.37. The van der Waals surface area contributed by atoms with Crippen molar-refractivity contribution in [2.45, 2.75) is 0 Å². The van der Waals surface area contributed by atoms with Crippen molar-refractivity contribution in [1.29, 1.82) is 0 Å². The van der Waals surface area contributed by atoms with Crippen molar-refractivity contribution in [3.63, 3.8) is 0 Å². The Morgan fingerprint density at radius 2 is 1.74 bits per heavy atom. The predicted molar refractivity (Wildman–Crippen MR) is 115 cm³/mol. The Morgan fingerprint density at radius 1 is 0.935 bits per heavy atom. The third-order valence-electron chi connectivity index (χ3n) is 4.49. The Labute approximate surface area is 176 Å². The van der Waals surface area contributed by atoms with Gasteiger partial charge >= 0.3 is 0 Å². The number of fused-ring (bicyclic) bond motifs is 1. The van der Waals surface area contributed by atoms with Gasteiger partial charge < -0.3 is 10.3 Å². The molecule has 7 nitrogen and oxygen atoms in total. The zero-order valence-corrected chi connectivity index (χ0v) is 16.6. The van der Waals surface area contributed by atoms with E-state index in [9.17, 15) is 22.0 Å². The number of rotatable bonds is 5. The summed E-state index contributed by atoms with van der Waals surface area (Å²) in [5.74, 6) is -1.83. The van der Waals surface area contributed by atoms with E-state index >= 15 is 0 Å². The van der Waals surface area contributed by atoms with Gasteiger partial charge in [0, 0.05) is 28.2 Å². The first-order valence-electron chi connectivity index (χ1n) is 8.98. The Balaban J connectivity index is 1.57. The maximum absolute atomic E-state index is 14.1. The van der Waals surface area contributed by atoms with Gasteiger partial charge in [-0.1, -0.05) is 18.2 Å². The molecule has 0 radical (unpaired) electrons. The summed E-state index contributed by atoms with van der Waals surface area (Å²) >= 11 is 0. The lowest BCUT2D eigenvalue weighted by Crippen LogP contribution is -2.21. The molecule has 0 saturated carbocycles. The summed E-state index contributed by atoms with van der Waals surface area (Å²) in [5.41, 5.74) is 2.12. The van der Waals surface area contributed by atoms with Gasteiger partial charge in [0.25, 0.3) is 16.1 Å². The lowest BCUT2D eigenvalue weighted by atomic mass is 10.0. The van der Waals surface area contributed by atoms with E-state index in [4.69, 9.17) is 5.14 Å². The minimum Gasteiger partial charge on any atom is -0.350 e. The molecule has 0 aliphatic rings. The zero-order valence-electron chi connectivity index (χ0n) is 15.8. The van der Waals surface area contributed by atoms with Crippen molar-refractivity contribution >= 4 is 38.4 Å². The second-order valence-corrected chi connectivity index (χ2v) is 8.09. The molecule has 31 heavy (non-hydrogen) atoms. The smallest absolute Gasteiger partial charge is 0.296 e. The van der Waals surface area contributed by atoms with E-state index in [0.29, 0.717) is 22.2 Å². The molecule has 1 amide bonds. The molecular formula is C21H16F2N4O3S. The summed E-state index contributed by atoms with van der Waals surface area (Å²) in [4.78, 5) is 15.6. The van der Waals surface area contributed by atoms with Crippen LogP contribution in [0.3, 0.4) is 0 Å². The zero-order chi connectivity index (χ0) is 22.2. The SMILES string of the molecule is NS(=O)(=O)Nc1ccc2cc(C(=O)Nc3cccc(-c4ccc(F)cc4F)c3)[nH]c2c1. The van der Waals surface area contributed by atoms with E-state index in [1.807, 2.05) is 0 Å². The number of carbonyl (C=O) groups excluding carboxylic acids is 1. The van der Waals surface area contributed by atoms with Crippen molar-refractivity contribution in [3.8, 4) is 11.1 Å². The third kappa shape index (κ3) is 4.71. The van der Waals surface area contributed by atoms with E-state index in [1.54, 1.807) is 36.4 Å². The van der Waals surface area contributed by atoms with Crippen LogP contribution >= 0.6 is 0 Å². The molecule has 3 aromatic carbocycles. The summed E-state index contributed by atoms with van der Waals surface area (Å²) in [6.45, 7) is 0. The largest absolute Gasteiger partial charge is 0.350 e. The van der Waals surface area contributed by atoms with Crippen LogP contribution in [-0.2, 0) is 10.2 Å². The molecule has 0 saturated heterocycles. The number of hydrogen-bond donors (Lipinski definition) is 4. The third-order valence-corrected chi connectivity index (χ3v) is 5.01. The van der Waals surface area contributed by atoms with Gasteiger partial charge in [0.15, 0.2) is 0 Å². The van der Waals surface area contributed by atoms with Crippen molar-refractivity contribution in [1.82, 2.24) is 4.98 Å². The quantitative estimate of drug-likeness (QED) is 0.374. The highest BCUT2D eigenvalue weighted by molar-refractivity contribution is 7.90. The Kier molecular flexibility index (Phi) is 5.17. The van der Waals surface area contributed by atoms with Crippen LogP contribution in [-0.4, -0.2) is 19.3 Å². The summed E-state index contributed by atoms with van der Waals surface area (Å²) in [6.07, 6.45) is 0. The van der Waals surface area contributed by atoms with E-state index in [1.165, 1.54) is 18.2 Å². The van der Waals surface area contributed by atoms with Crippen molar-refractivity contribution in [2.75, 3.05) is 10.0 Å². The molecule has 0 fully saturated rings. The highest BCUT2D eigenvalue weighted by Gasteiger charge is 2.13. The fourth-order valence-electron chi connectivity index (χ4n) is 3.16. The van der Waals surface area contributed by atoms with E-state index in [2.05, 4.69) is 15.0 Å². The molecule has 1 heterocycles. The molecule has 4 aromatic rings. The highest BCUT2D eigenvalue weighted by atomic mass is 32.2. The number of aromatic nitrogens is 1. The van der Waals surface area contributed by atoms with Crippen molar-refractivity contribution in [3.05, 3.63) is 84.1 Å². The van der Waals surface area contributed by atoms with Gasteiger partial charge in [-0.2, -0.15) is 8.42 Å². The summed E-state index contributed by atoms with van der Waals surface area (Å²) in [6, 6.07) is 16.1. The predicted octanol–water partition coefficient (Wildman–Crippen LogP) is 3.98. The van der Waals surface area contributed by atoms with Gasteiger partial charge in [-0.3, -0.25) is 9.52 Å². The van der Waals surface area contributed by atoms with E-state index in [0.717, 1.165) is 12.1 Å². The lowest BCUT2D eigenvalue weighted by Gasteiger charge is -2.08. The Hall–Kier alpha value is -3.76. The van der Waals surface area contributed by atoms with Crippen LogP contribution in [0.5, 0.6) is 0 Å². The number of anilines is 2. The number of aromatic amines is 1. The van der Waals surface area contributed by atoms with E-state index < -0.39 is 27.8 Å². The van der Waals surface area contributed by atoms with Crippen LogP contribution < -0.4 is 15.2 Å². The van der Waals surface area contributed by atoms with Gasteiger partial charge in [0.2, 0.25) is 0 Å². The van der Waals surface area contributed by atoms with Crippen molar-refractivity contribution < 1.29 is 22.0 Å². The molecule has 1 aromatic heterocycles. The molecule has 10 heteroatoms. The molecular weight excluding hydrogens is 426 g/mol. The number of amides is 1. The first-order chi connectivity index (χ1) is 14.7. The molecule has 0 atom stereocenters. The number of H-pyrrole nitrogens is 1. The molecule has 0 aliphatic heterocycles. The number of benzene rings is 3. The summed E-state index contributed by atoms with van der Waals surface area (Å²) < 4.78 is 51.7. The fraction of sp³-hybridized carbons (Fsp3) is 0. The monoisotopic (exact) mass is 442 g/mol. The molecule has 4 rings (SSSR count). The molecule has 5 N–H and O–H groups in total. The Bertz CT molecular complexity index is 1420. The number of nitrogens with one attached hydrogen (secondary N) is 3. The molecule has 158 valence electrons. The van der Waals surface area contributed by atoms with Crippen LogP contribution in [0.15, 0.2) is 66.7 Å². The Morgan fingerprint density at radius 3 is 2.48 bits per heavy atom. The van der Waals surface area contributed by atoms with Gasteiger partial charge in [0.1, 0.15) is 17.3 Å². The normalized spacial score (nSPS) is 11.5. The van der Waals surface area contributed by atoms with Gasteiger partial charge in [-0.05, 0) is 48.0 Å². The minimum absolute atomic E-state index is 0.206. The standard InChI is InChI=1S/C21H16F2N4O3S/c22-14-5-7-17(18(23)10-14)12-2-1-3-15(8-12)25-21(28)20-9-13-4-6-16(11-19(13)26-20)27-31(24,29)30/h1-11,26-27H,(H,25,28)(H2,24,29,30). The van der Waals surface area contributed by atoms with Crippen LogP contribution in [0.1, 0.15) is 10.5 Å². The number of hydrogen-bond acceptors (Lipinski definition) is 3. The molecule has 0 unspecified atom stereocenters. The highest BCUT2D eigenvalue weighted by Crippen LogP contribution is 2.26. The lowest BCUT2D eigenvalue weighted by molar-refractivity contribution is 0.102. The summed E-state index contributed by atoms with van der Waals surface area (Å²) in [7, 11) is -3.92. The topological polar surface area (TPSA) is 117 Å². The number of halogens is 2. The second kappa shape index (κ2) is 7.82. The van der Waals surface area contributed by atoms with Gasteiger partial charge in [0.05, 0.1) is 5.69 Å². The van der Waals surface area contributed by atoms with Gasteiger partial charge in [-0.25, -0.2) is 13.9 Å². The number of carbonyl (C=O) groups is 1. The van der Waals surface area contributed by atoms with E-state index in [-0.39, 0.29) is 16.9 Å².